The van der Waals surface area contributed by atoms with Crippen LogP contribution in [-0.4, -0.2) is 41.4 Å². The van der Waals surface area contributed by atoms with Crippen LogP contribution in [0.15, 0.2) is 78.9 Å². The molecule has 156 valence electrons. The van der Waals surface area contributed by atoms with Gasteiger partial charge in [-0.15, -0.1) is 0 Å². The minimum absolute atomic E-state index is 0. The Morgan fingerprint density at radius 2 is 1.13 bits per heavy atom. The van der Waals surface area contributed by atoms with Gasteiger partial charge < -0.3 is 23.0 Å². The zero-order valence-corrected chi connectivity index (χ0v) is 20.1. The molecule has 3 aromatic carbocycles. The van der Waals surface area contributed by atoms with E-state index in [1.807, 2.05) is 80.6 Å². The van der Waals surface area contributed by atoms with Crippen molar-refractivity contribution in [1.29, 1.82) is 0 Å². The number of rotatable bonds is 6. The summed E-state index contributed by atoms with van der Waals surface area (Å²) < 4.78 is 10.8. The summed E-state index contributed by atoms with van der Waals surface area (Å²) >= 11 is 5.30. The van der Waals surface area contributed by atoms with E-state index in [1.165, 1.54) is 5.56 Å². The van der Waals surface area contributed by atoms with Gasteiger partial charge in [-0.2, -0.15) is 0 Å². The molecule has 0 aliphatic carbocycles. The molecule has 0 spiro atoms. The third-order valence-electron chi connectivity index (χ3n) is 3.79. The second-order valence-corrected chi connectivity index (χ2v) is 6.56. The molecule has 0 radical (unpaired) electrons. The fourth-order valence-electron chi connectivity index (χ4n) is 2.43. The Labute approximate surface area is 204 Å². The number of nitrogens with one attached hydrogen (secondary N) is 2. The molecule has 0 aliphatic rings. The van der Waals surface area contributed by atoms with Crippen molar-refractivity contribution in [1.82, 2.24) is 0 Å². The maximum Gasteiger partial charge on any atom is 2.00 e. The van der Waals surface area contributed by atoms with Gasteiger partial charge in [0.25, 0.3) is 0 Å². The molecule has 0 aromatic heterocycles. The molecule has 0 saturated carbocycles. The number of aryl methyl sites for hydroxylation is 1. The smallest absolute Gasteiger partial charge is 1.00 e. The number of hydrogen-bond donors (Lipinski definition) is 2. The molecule has 4 nitrogen and oxygen atoms in total. The van der Waals surface area contributed by atoms with E-state index in [0.717, 1.165) is 22.9 Å². The van der Waals surface area contributed by atoms with Gasteiger partial charge in [0.1, 0.15) is 11.5 Å². The van der Waals surface area contributed by atoms with E-state index in [2.05, 4.69) is 29.7 Å². The van der Waals surface area contributed by atoms with E-state index in [0.29, 0.717) is 18.3 Å². The first kappa shape index (κ1) is 25.8. The molecule has 0 heterocycles. The summed E-state index contributed by atoms with van der Waals surface area (Å²) in [7, 11) is 0. The molecule has 0 unspecified atom stereocenters. The number of hydrogen-bond acceptors (Lipinski definition) is 3. The summed E-state index contributed by atoms with van der Waals surface area (Å²) in [6.45, 7) is 7.32. The second kappa shape index (κ2) is 14.7. The third kappa shape index (κ3) is 9.96. The van der Waals surface area contributed by atoms with Crippen LogP contribution in [0.2, 0.25) is 0 Å². The maximum absolute atomic E-state index is 5.40. The topological polar surface area (TPSA) is 42.5 Å². The second-order valence-electron chi connectivity index (χ2n) is 6.15. The van der Waals surface area contributed by atoms with Crippen molar-refractivity contribution in [3.8, 4) is 11.5 Å². The largest absolute Gasteiger partial charge is 2.00 e. The molecule has 0 aliphatic heterocycles. The van der Waals surface area contributed by atoms with Gasteiger partial charge >= 0.3 is 23.1 Å². The van der Waals surface area contributed by atoms with E-state index in [-0.39, 0.29) is 25.9 Å². The Bertz CT molecular complexity index is 814. The van der Waals surface area contributed by atoms with Crippen LogP contribution in [0.4, 0.5) is 11.4 Å². The van der Waals surface area contributed by atoms with Gasteiger partial charge in [-0.25, -0.2) is 0 Å². The average Bonchev–Trinajstić information content (AvgIpc) is 2.72. The summed E-state index contributed by atoms with van der Waals surface area (Å²) in [5.74, 6) is 1.69. The van der Waals surface area contributed by atoms with E-state index in [4.69, 9.17) is 21.7 Å². The van der Waals surface area contributed by atoms with Crippen molar-refractivity contribution >= 4 is 51.8 Å². The predicted octanol–water partition coefficient (Wildman–Crippen LogP) is 6.13. The van der Waals surface area contributed by atoms with Crippen molar-refractivity contribution in [2.24, 2.45) is 0 Å². The standard InChI is InChI=1S/C17H20N2O2S.C7H8.Mg.2H/c1-3-20-15-9-5-13(6-10-15)18-17(22)19-14-7-11-16(12-8-14)21-4-2;1-7-5-3-2-4-6-7;;;/h5-12H,3-4H2,1-2H3,(H2,18,19,22);2-6H,1H3;;;/q;;+2;2*-1. The van der Waals surface area contributed by atoms with Crippen molar-refractivity contribution in [3.63, 3.8) is 0 Å². The van der Waals surface area contributed by atoms with Gasteiger partial charge in [-0.1, -0.05) is 35.9 Å². The molecule has 6 heteroatoms. The first-order chi connectivity index (χ1) is 14.1. The molecule has 2 N–H and O–H groups in total. The Kier molecular flexibility index (Phi) is 12.6. The summed E-state index contributed by atoms with van der Waals surface area (Å²) in [5.41, 5.74) is 3.14. The summed E-state index contributed by atoms with van der Waals surface area (Å²) in [5, 5.41) is 6.80. The van der Waals surface area contributed by atoms with E-state index >= 15 is 0 Å². The molecular weight excluding hydrogens is 405 g/mol. The SMILES string of the molecule is CCOc1ccc(NC(=S)Nc2ccc(OCC)cc2)cc1.Cc1ccccc1.[H-].[H-].[Mg+2]. The van der Waals surface area contributed by atoms with E-state index < -0.39 is 0 Å². The van der Waals surface area contributed by atoms with Crippen LogP contribution < -0.4 is 20.1 Å². The number of benzene rings is 3. The Morgan fingerprint density at radius 1 is 0.733 bits per heavy atom. The fraction of sp³-hybridized carbons (Fsp3) is 0.208. The molecule has 0 saturated heterocycles. The van der Waals surface area contributed by atoms with Crippen molar-refractivity contribution in [2.75, 3.05) is 23.8 Å². The maximum atomic E-state index is 5.40. The number of thiocarbonyl (C=S) groups is 1. The van der Waals surface area contributed by atoms with Crippen LogP contribution in [0.5, 0.6) is 11.5 Å². The Hall–Kier alpha value is -2.28. The number of anilines is 2. The van der Waals surface area contributed by atoms with Crippen LogP contribution in [-0.2, 0) is 0 Å². The molecular formula is C24H30MgN2O2S. The molecule has 3 aromatic rings. The van der Waals surface area contributed by atoms with Crippen LogP contribution >= 0.6 is 12.2 Å². The van der Waals surface area contributed by atoms with Gasteiger partial charge in [-0.05, 0) is 81.5 Å². The van der Waals surface area contributed by atoms with Crippen molar-refractivity contribution < 1.29 is 12.3 Å². The van der Waals surface area contributed by atoms with Gasteiger partial charge in [0.15, 0.2) is 5.11 Å². The van der Waals surface area contributed by atoms with Gasteiger partial charge in [0.2, 0.25) is 0 Å². The average molecular weight is 435 g/mol. The normalized spacial score (nSPS) is 9.30. The van der Waals surface area contributed by atoms with Crippen molar-refractivity contribution in [3.05, 3.63) is 84.4 Å². The Morgan fingerprint density at radius 3 is 1.43 bits per heavy atom. The minimum atomic E-state index is 0. The minimum Gasteiger partial charge on any atom is -1.00 e. The van der Waals surface area contributed by atoms with Crippen LogP contribution in [0.3, 0.4) is 0 Å². The molecule has 0 amide bonds. The summed E-state index contributed by atoms with van der Waals surface area (Å²) in [4.78, 5) is 0. The first-order valence-corrected chi connectivity index (χ1v) is 10.1. The summed E-state index contributed by atoms with van der Waals surface area (Å²) in [6, 6.07) is 25.6. The molecule has 0 fully saturated rings. The fourth-order valence-corrected chi connectivity index (χ4v) is 2.67. The van der Waals surface area contributed by atoms with Crippen LogP contribution in [0.1, 0.15) is 22.3 Å². The van der Waals surface area contributed by atoms with Gasteiger partial charge in [0, 0.05) is 11.4 Å². The Balaban J connectivity index is 0. The quantitative estimate of drug-likeness (QED) is 0.360. The van der Waals surface area contributed by atoms with Gasteiger partial charge in [0.05, 0.1) is 13.2 Å². The zero-order chi connectivity index (χ0) is 20.9. The van der Waals surface area contributed by atoms with Crippen molar-refractivity contribution in [2.45, 2.75) is 20.8 Å². The number of ether oxygens (including phenoxy) is 2. The zero-order valence-electron chi connectivity index (χ0n) is 19.9. The molecule has 3 rings (SSSR count). The van der Waals surface area contributed by atoms with E-state index in [1.54, 1.807) is 0 Å². The molecule has 0 atom stereocenters. The van der Waals surface area contributed by atoms with Gasteiger partial charge in [-0.3, -0.25) is 0 Å². The first-order valence-electron chi connectivity index (χ1n) is 9.66. The van der Waals surface area contributed by atoms with Crippen LogP contribution in [0.25, 0.3) is 0 Å². The third-order valence-corrected chi connectivity index (χ3v) is 3.99. The molecule has 0 bridgehead atoms. The van der Waals surface area contributed by atoms with E-state index in [9.17, 15) is 0 Å². The predicted molar refractivity (Wildman–Crippen MR) is 134 cm³/mol. The van der Waals surface area contributed by atoms with Crippen LogP contribution in [0, 0.1) is 6.92 Å². The monoisotopic (exact) mass is 434 g/mol. The molecule has 30 heavy (non-hydrogen) atoms. The summed E-state index contributed by atoms with van der Waals surface area (Å²) in [6.07, 6.45) is 0.